The number of benzene rings is 2. The molecule has 0 saturated carbocycles. The largest absolute Gasteiger partial charge is 0.482 e. The molecule has 0 radical (unpaired) electrons. The summed E-state index contributed by atoms with van der Waals surface area (Å²) in [6.45, 7) is 0.685. The molecule has 8 heteroatoms. The zero-order chi connectivity index (χ0) is 21.3. The first-order chi connectivity index (χ1) is 14.6. The fourth-order valence-corrected chi connectivity index (χ4v) is 3.62. The fraction of sp³-hybridized carbons (Fsp3) is 0.227. The summed E-state index contributed by atoms with van der Waals surface area (Å²) >= 11 is 1.33. The second kappa shape index (κ2) is 10.6. The van der Waals surface area contributed by atoms with Crippen molar-refractivity contribution in [3.05, 3.63) is 65.1 Å². The van der Waals surface area contributed by atoms with Crippen LogP contribution in [0.3, 0.4) is 0 Å². The van der Waals surface area contributed by atoms with Crippen molar-refractivity contribution < 1.29 is 23.8 Å². The van der Waals surface area contributed by atoms with Crippen LogP contribution in [0.4, 0.5) is 5.69 Å². The van der Waals surface area contributed by atoms with E-state index < -0.39 is 5.97 Å². The lowest BCUT2D eigenvalue weighted by Gasteiger charge is -2.14. The molecule has 156 valence electrons. The zero-order valence-corrected chi connectivity index (χ0v) is 17.6. The summed E-state index contributed by atoms with van der Waals surface area (Å²) in [7, 11) is 2.91. The lowest BCUT2D eigenvalue weighted by atomic mass is 10.2. The van der Waals surface area contributed by atoms with Crippen molar-refractivity contribution in [3.63, 3.8) is 0 Å². The Morgan fingerprint density at radius 3 is 2.50 bits per heavy atom. The molecule has 0 unspecified atom stereocenters. The average Bonchev–Trinajstić information content (AvgIpc) is 3.06. The summed E-state index contributed by atoms with van der Waals surface area (Å²) in [4.78, 5) is 30.9. The predicted molar refractivity (Wildman–Crippen MR) is 117 cm³/mol. The molecule has 0 N–H and O–H groups in total. The van der Waals surface area contributed by atoms with Crippen LogP contribution in [-0.2, 0) is 19.1 Å². The number of hydrogen-bond acceptors (Lipinski definition) is 7. The van der Waals surface area contributed by atoms with Crippen molar-refractivity contribution in [1.29, 1.82) is 0 Å². The van der Waals surface area contributed by atoms with Gasteiger partial charge in [-0.15, -0.1) is 0 Å². The highest BCUT2D eigenvalue weighted by Crippen LogP contribution is 2.34. The van der Waals surface area contributed by atoms with Crippen LogP contribution in [0, 0.1) is 0 Å². The number of aliphatic imine (C=N–C) groups is 1. The normalized spacial score (nSPS) is 16.3. The van der Waals surface area contributed by atoms with E-state index in [2.05, 4.69) is 9.73 Å². The fourth-order valence-electron chi connectivity index (χ4n) is 2.60. The Morgan fingerprint density at radius 2 is 1.83 bits per heavy atom. The van der Waals surface area contributed by atoms with Gasteiger partial charge in [-0.1, -0.05) is 30.3 Å². The Bertz CT molecular complexity index is 942. The molecule has 1 saturated heterocycles. The number of amides is 1. The van der Waals surface area contributed by atoms with Gasteiger partial charge in [-0.05, 0) is 47.7 Å². The first-order valence-electron chi connectivity index (χ1n) is 9.24. The van der Waals surface area contributed by atoms with E-state index in [0.717, 1.165) is 11.3 Å². The van der Waals surface area contributed by atoms with Crippen molar-refractivity contribution in [2.24, 2.45) is 4.99 Å². The van der Waals surface area contributed by atoms with E-state index in [-0.39, 0.29) is 12.5 Å². The van der Waals surface area contributed by atoms with Crippen LogP contribution in [0.15, 0.2) is 64.5 Å². The van der Waals surface area contributed by atoms with E-state index in [1.807, 2.05) is 48.5 Å². The molecule has 3 rings (SSSR count). The predicted octanol–water partition coefficient (Wildman–Crippen LogP) is 3.49. The van der Waals surface area contributed by atoms with Crippen molar-refractivity contribution in [1.82, 2.24) is 4.90 Å². The molecule has 0 aromatic heterocycles. The van der Waals surface area contributed by atoms with E-state index in [9.17, 15) is 9.59 Å². The zero-order valence-electron chi connectivity index (χ0n) is 16.7. The number of carbonyl (C=O) groups is 2. The highest BCUT2D eigenvalue weighted by molar-refractivity contribution is 8.18. The van der Waals surface area contributed by atoms with Crippen molar-refractivity contribution in [2.75, 3.05) is 34.0 Å². The van der Waals surface area contributed by atoms with Gasteiger partial charge in [0.2, 0.25) is 0 Å². The molecular formula is C22H22N2O5S. The first kappa shape index (κ1) is 21.6. The molecule has 1 aliphatic heterocycles. The summed E-state index contributed by atoms with van der Waals surface area (Å²) in [5, 5.41) is 0.618. The molecule has 0 atom stereocenters. The Kier molecular flexibility index (Phi) is 7.64. The quantitative estimate of drug-likeness (QED) is 0.475. The lowest BCUT2D eigenvalue weighted by molar-refractivity contribution is -0.142. The number of para-hydroxylation sites is 1. The lowest BCUT2D eigenvalue weighted by Crippen LogP contribution is -2.32. The van der Waals surface area contributed by atoms with Gasteiger partial charge < -0.3 is 14.2 Å². The van der Waals surface area contributed by atoms with Crippen molar-refractivity contribution in [2.45, 2.75) is 0 Å². The number of amidine groups is 1. The van der Waals surface area contributed by atoms with Gasteiger partial charge in [0.1, 0.15) is 5.75 Å². The molecule has 2 aromatic rings. The maximum atomic E-state index is 12.9. The van der Waals surface area contributed by atoms with Crippen LogP contribution >= 0.6 is 11.8 Å². The number of esters is 1. The van der Waals surface area contributed by atoms with E-state index in [1.165, 1.54) is 18.9 Å². The van der Waals surface area contributed by atoms with Crippen LogP contribution in [0.5, 0.6) is 5.75 Å². The minimum Gasteiger partial charge on any atom is -0.482 e. The van der Waals surface area contributed by atoms with Gasteiger partial charge in [-0.3, -0.25) is 9.69 Å². The highest BCUT2D eigenvalue weighted by atomic mass is 32.2. The number of carbonyl (C=O) groups excluding carboxylic acids is 2. The van der Waals surface area contributed by atoms with E-state index >= 15 is 0 Å². The number of ether oxygens (including phenoxy) is 3. The number of rotatable bonds is 8. The van der Waals surface area contributed by atoms with Gasteiger partial charge in [-0.2, -0.15) is 0 Å². The summed E-state index contributed by atoms with van der Waals surface area (Å²) < 4.78 is 15.0. The third-order valence-electron chi connectivity index (χ3n) is 4.15. The molecule has 7 nitrogen and oxygen atoms in total. The summed E-state index contributed by atoms with van der Waals surface area (Å²) in [5.74, 6) is -0.0192. The summed E-state index contributed by atoms with van der Waals surface area (Å²) in [6, 6.07) is 16.6. The summed E-state index contributed by atoms with van der Waals surface area (Å²) in [6.07, 6.45) is 1.81. The number of thioether (sulfide) groups is 1. The molecular weight excluding hydrogens is 404 g/mol. The second-order valence-electron chi connectivity index (χ2n) is 6.22. The van der Waals surface area contributed by atoms with E-state index in [0.29, 0.717) is 29.0 Å². The van der Waals surface area contributed by atoms with Gasteiger partial charge >= 0.3 is 5.97 Å². The van der Waals surface area contributed by atoms with Crippen LogP contribution in [0.1, 0.15) is 5.56 Å². The molecule has 1 heterocycles. The number of methoxy groups -OCH3 is 2. The molecule has 0 spiro atoms. The van der Waals surface area contributed by atoms with Gasteiger partial charge in [0.15, 0.2) is 11.8 Å². The second-order valence-corrected chi connectivity index (χ2v) is 7.23. The molecule has 2 aromatic carbocycles. The molecule has 0 aliphatic carbocycles. The SMILES string of the molecule is COCCN1C(=O)/C(=C/c2ccc(OCC(=O)OC)cc2)SC1=Nc1ccccc1. The molecule has 1 fully saturated rings. The van der Waals surface area contributed by atoms with Gasteiger partial charge in [-0.25, -0.2) is 9.79 Å². The minimum atomic E-state index is -0.449. The third-order valence-corrected chi connectivity index (χ3v) is 5.16. The van der Waals surface area contributed by atoms with Crippen LogP contribution in [0.25, 0.3) is 6.08 Å². The molecule has 0 bridgehead atoms. The first-order valence-corrected chi connectivity index (χ1v) is 10.1. The van der Waals surface area contributed by atoms with Gasteiger partial charge in [0.25, 0.3) is 5.91 Å². The smallest absolute Gasteiger partial charge is 0.343 e. The monoisotopic (exact) mass is 426 g/mol. The summed E-state index contributed by atoms with van der Waals surface area (Å²) in [5.41, 5.74) is 1.62. The van der Waals surface area contributed by atoms with Crippen LogP contribution < -0.4 is 4.74 Å². The topological polar surface area (TPSA) is 77.4 Å². The maximum absolute atomic E-state index is 12.9. The van der Waals surface area contributed by atoms with Gasteiger partial charge in [0.05, 0.1) is 30.9 Å². The van der Waals surface area contributed by atoms with Crippen molar-refractivity contribution in [3.8, 4) is 5.75 Å². The van der Waals surface area contributed by atoms with Crippen LogP contribution in [-0.4, -0.2) is 55.9 Å². The highest BCUT2D eigenvalue weighted by Gasteiger charge is 2.33. The third kappa shape index (κ3) is 5.71. The maximum Gasteiger partial charge on any atom is 0.343 e. The van der Waals surface area contributed by atoms with Crippen molar-refractivity contribution >= 4 is 40.6 Å². The standard InChI is InChI=1S/C22H22N2O5S/c1-27-13-12-24-21(26)19(30-22(24)23-17-6-4-3-5-7-17)14-16-8-10-18(11-9-16)29-15-20(25)28-2/h3-11,14H,12-13,15H2,1-2H3/b19-14-,23-22?. The Morgan fingerprint density at radius 1 is 1.10 bits per heavy atom. The average molecular weight is 426 g/mol. The van der Waals surface area contributed by atoms with Crippen LogP contribution in [0.2, 0.25) is 0 Å². The van der Waals surface area contributed by atoms with E-state index in [1.54, 1.807) is 24.1 Å². The Labute approximate surface area is 179 Å². The van der Waals surface area contributed by atoms with E-state index in [4.69, 9.17) is 9.47 Å². The Balaban J connectivity index is 1.78. The molecule has 1 amide bonds. The number of hydrogen-bond donors (Lipinski definition) is 0. The minimum absolute atomic E-state index is 0.113. The molecule has 1 aliphatic rings. The number of nitrogens with zero attached hydrogens (tertiary/aromatic N) is 2. The molecule has 30 heavy (non-hydrogen) atoms. The van der Waals surface area contributed by atoms with Gasteiger partial charge in [0, 0.05) is 7.11 Å². The Hall–Kier alpha value is -3.10.